The molecule has 7 heteroatoms. The summed E-state index contributed by atoms with van der Waals surface area (Å²) < 4.78 is 32.9. The molecule has 1 aliphatic carbocycles. The van der Waals surface area contributed by atoms with Gasteiger partial charge in [-0.3, -0.25) is 0 Å². The molecule has 0 spiro atoms. The van der Waals surface area contributed by atoms with Gasteiger partial charge in [0.1, 0.15) is 5.82 Å². The molecule has 1 aromatic carbocycles. The quantitative estimate of drug-likeness (QED) is 0.731. The Morgan fingerprint density at radius 2 is 1.77 bits per heavy atom. The molecule has 2 fully saturated rings. The van der Waals surface area contributed by atoms with E-state index in [1.165, 1.54) is 11.8 Å². The fraction of sp³-hybridized carbons (Fsp3) is 0.522. The summed E-state index contributed by atoms with van der Waals surface area (Å²) in [5.74, 6) is 1.49. The van der Waals surface area contributed by atoms with Crippen molar-refractivity contribution >= 4 is 15.8 Å². The number of hydrogen-bond acceptors (Lipinski definition) is 5. The van der Waals surface area contributed by atoms with Gasteiger partial charge in [-0.05, 0) is 55.7 Å². The van der Waals surface area contributed by atoms with Crippen molar-refractivity contribution < 1.29 is 13.2 Å². The van der Waals surface area contributed by atoms with Gasteiger partial charge < -0.3 is 9.64 Å². The molecule has 162 valence electrons. The van der Waals surface area contributed by atoms with Crippen molar-refractivity contribution in [3.63, 3.8) is 0 Å². The molecule has 1 saturated carbocycles. The normalized spacial score (nSPS) is 27.3. The van der Waals surface area contributed by atoms with Crippen LogP contribution in [0.15, 0.2) is 54.7 Å². The van der Waals surface area contributed by atoms with E-state index in [0.29, 0.717) is 12.5 Å². The number of benzene rings is 1. The molecule has 2 atom stereocenters. The number of ether oxygens (including phenoxy) is 1. The molecule has 0 unspecified atom stereocenters. The first-order chi connectivity index (χ1) is 14.5. The van der Waals surface area contributed by atoms with E-state index in [1.807, 2.05) is 18.2 Å². The molecule has 1 aliphatic heterocycles. The first-order valence-electron chi connectivity index (χ1n) is 10.8. The highest BCUT2D eigenvalue weighted by Gasteiger charge is 2.37. The molecule has 0 bridgehead atoms. The number of rotatable bonds is 7. The molecular weight excluding hydrogens is 398 g/mol. The summed E-state index contributed by atoms with van der Waals surface area (Å²) in [6, 6.07) is 16.3. The van der Waals surface area contributed by atoms with E-state index in [1.54, 1.807) is 6.20 Å². The number of nitrogens with one attached hydrogen (secondary N) is 1. The van der Waals surface area contributed by atoms with Crippen LogP contribution in [0.25, 0.3) is 0 Å². The van der Waals surface area contributed by atoms with Crippen LogP contribution in [0.5, 0.6) is 0 Å². The number of hydrogen-bond donors (Lipinski definition) is 1. The van der Waals surface area contributed by atoms with Crippen LogP contribution in [0, 0.1) is 0 Å². The summed E-state index contributed by atoms with van der Waals surface area (Å²) in [5.41, 5.74) is 1.42. The zero-order valence-electron chi connectivity index (χ0n) is 17.5. The van der Waals surface area contributed by atoms with Crippen molar-refractivity contribution in [2.45, 2.75) is 56.2 Å². The maximum atomic E-state index is 11.9. The van der Waals surface area contributed by atoms with Gasteiger partial charge in [-0.15, -0.1) is 0 Å². The number of pyridine rings is 1. The average Bonchev–Trinajstić information content (AvgIpc) is 3.14. The molecule has 30 heavy (non-hydrogen) atoms. The van der Waals surface area contributed by atoms with Crippen molar-refractivity contribution in [1.82, 2.24) is 9.71 Å². The lowest BCUT2D eigenvalue weighted by Gasteiger charge is -2.33. The van der Waals surface area contributed by atoms with Gasteiger partial charge in [-0.1, -0.05) is 36.4 Å². The molecule has 0 amide bonds. The predicted molar refractivity (Wildman–Crippen MR) is 119 cm³/mol. The van der Waals surface area contributed by atoms with Crippen LogP contribution in [-0.4, -0.2) is 51.0 Å². The Morgan fingerprint density at radius 3 is 2.43 bits per heavy atom. The van der Waals surface area contributed by atoms with Gasteiger partial charge in [0, 0.05) is 18.8 Å². The Kier molecular flexibility index (Phi) is 6.71. The Bertz CT molecular complexity index is 900. The molecule has 2 heterocycles. The Hall–Kier alpha value is -1.96. The third-order valence-electron chi connectivity index (χ3n) is 6.30. The molecule has 1 saturated heterocycles. The molecule has 2 aliphatic rings. The second-order valence-corrected chi connectivity index (χ2v) is 10.2. The monoisotopic (exact) mass is 429 g/mol. The average molecular weight is 430 g/mol. The second-order valence-electron chi connectivity index (χ2n) is 8.45. The van der Waals surface area contributed by atoms with Crippen LogP contribution in [-0.2, 0) is 14.8 Å². The van der Waals surface area contributed by atoms with Gasteiger partial charge in [0.25, 0.3) is 0 Å². The fourth-order valence-electron chi connectivity index (χ4n) is 4.80. The van der Waals surface area contributed by atoms with Crippen molar-refractivity contribution in [2.24, 2.45) is 0 Å². The van der Waals surface area contributed by atoms with E-state index in [0.717, 1.165) is 44.5 Å². The Morgan fingerprint density at radius 1 is 1.03 bits per heavy atom. The minimum atomic E-state index is -3.28. The smallest absolute Gasteiger partial charge is 0.209 e. The second kappa shape index (κ2) is 9.45. The van der Waals surface area contributed by atoms with Crippen LogP contribution in [0.2, 0.25) is 0 Å². The molecule has 4 rings (SSSR count). The minimum Gasteiger partial charge on any atom is -0.376 e. The van der Waals surface area contributed by atoms with Crippen LogP contribution < -0.4 is 9.62 Å². The maximum Gasteiger partial charge on any atom is 0.209 e. The zero-order valence-corrected chi connectivity index (χ0v) is 18.3. The van der Waals surface area contributed by atoms with Gasteiger partial charge >= 0.3 is 0 Å². The maximum absolute atomic E-state index is 11.9. The molecule has 1 aromatic heterocycles. The summed E-state index contributed by atoms with van der Waals surface area (Å²) in [6.07, 6.45) is 8.32. The van der Waals surface area contributed by atoms with Crippen LogP contribution in [0.1, 0.15) is 43.6 Å². The molecule has 1 N–H and O–H groups in total. The van der Waals surface area contributed by atoms with E-state index in [9.17, 15) is 8.42 Å². The van der Waals surface area contributed by atoms with Crippen molar-refractivity contribution in [2.75, 3.05) is 24.3 Å². The molecule has 0 radical (unpaired) electrons. The number of aromatic nitrogens is 1. The summed E-state index contributed by atoms with van der Waals surface area (Å²) in [5, 5.41) is 0. The van der Waals surface area contributed by atoms with Gasteiger partial charge in [0.05, 0.1) is 25.0 Å². The first-order valence-corrected chi connectivity index (χ1v) is 12.7. The van der Waals surface area contributed by atoms with E-state index in [-0.39, 0.29) is 18.2 Å². The lowest BCUT2D eigenvalue weighted by Crippen LogP contribution is -2.48. The summed E-state index contributed by atoms with van der Waals surface area (Å²) in [6.45, 7) is 1.27. The highest BCUT2D eigenvalue weighted by atomic mass is 32.2. The Labute approximate surface area is 179 Å². The van der Waals surface area contributed by atoms with Gasteiger partial charge in [0.2, 0.25) is 10.0 Å². The van der Waals surface area contributed by atoms with E-state index < -0.39 is 10.0 Å². The fourth-order valence-corrected chi connectivity index (χ4v) is 5.63. The van der Waals surface area contributed by atoms with E-state index in [2.05, 4.69) is 44.9 Å². The van der Waals surface area contributed by atoms with Crippen LogP contribution >= 0.6 is 0 Å². The summed E-state index contributed by atoms with van der Waals surface area (Å²) >= 11 is 0. The predicted octanol–water partition coefficient (Wildman–Crippen LogP) is 3.32. The SMILES string of the molecule is CS(=O)(=O)N[C@H]1CCN(c2ccccn2)[C@H]1COC1CCC(c2ccccc2)CC1. The first kappa shape index (κ1) is 21.3. The topological polar surface area (TPSA) is 71.5 Å². The van der Waals surface area contributed by atoms with Gasteiger partial charge in [-0.25, -0.2) is 18.1 Å². The highest BCUT2D eigenvalue weighted by molar-refractivity contribution is 7.88. The third kappa shape index (κ3) is 5.39. The van der Waals surface area contributed by atoms with Crippen molar-refractivity contribution in [3.8, 4) is 0 Å². The molecule has 2 aromatic rings. The number of nitrogens with zero attached hydrogens (tertiary/aromatic N) is 2. The zero-order chi connectivity index (χ0) is 21.0. The minimum absolute atomic E-state index is 0.0542. The standard InChI is InChI=1S/C23H31N3O3S/c1-30(27,28)25-21-14-16-26(23-9-5-6-15-24-23)22(21)17-29-20-12-10-19(11-13-20)18-7-3-2-4-8-18/h2-9,15,19-22,25H,10-14,16-17H2,1H3/t19?,20?,21-,22-/m0/s1. The highest BCUT2D eigenvalue weighted by Crippen LogP contribution is 2.34. The van der Waals surface area contributed by atoms with E-state index in [4.69, 9.17) is 4.74 Å². The van der Waals surface area contributed by atoms with Crippen molar-refractivity contribution in [3.05, 3.63) is 60.3 Å². The number of anilines is 1. The molecular formula is C23H31N3O3S. The van der Waals surface area contributed by atoms with Crippen LogP contribution in [0.3, 0.4) is 0 Å². The van der Waals surface area contributed by atoms with Crippen molar-refractivity contribution in [1.29, 1.82) is 0 Å². The van der Waals surface area contributed by atoms with E-state index >= 15 is 0 Å². The summed E-state index contributed by atoms with van der Waals surface area (Å²) in [4.78, 5) is 6.65. The third-order valence-corrected chi connectivity index (χ3v) is 7.03. The summed E-state index contributed by atoms with van der Waals surface area (Å²) in [7, 11) is -3.28. The largest absolute Gasteiger partial charge is 0.376 e. The van der Waals surface area contributed by atoms with Crippen LogP contribution in [0.4, 0.5) is 5.82 Å². The van der Waals surface area contributed by atoms with Gasteiger partial charge in [0.15, 0.2) is 0 Å². The number of sulfonamides is 1. The van der Waals surface area contributed by atoms with Gasteiger partial charge in [-0.2, -0.15) is 0 Å². The Balaban J connectivity index is 1.37. The lowest BCUT2D eigenvalue weighted by molar-refractivity contribution is 0.0156. The lowest BCUT2D eigenvalue weighted by atomic mass is 9.83. The molecule has 6 nitrogen and oxygen atoms in total.